The van der Waals surface area contributed by atoms with E-state index in [1.54, 1.807) is 0 Å². The Hall–Kier alpha value is -3.05. The van der Waals surface area contributed by atoms with Crippen molar-refractivity contribution in [2.75, 3.05) is 10.6 Å². The van der Waals surface area contributed by atoms with Crippen molar-refractivity contribution in [3.63, 3.8) is 0 Å². The van der Waals surface area contributed by atoms with Gasteiger partial charge >= 0.3 is 6.03 Å². The van der Waals surface area contributed by atoms with Crippen LogP contribution in [0.3, 0.4) is 0 Å². The first-order valence-electron chi connectivity index (χ1n) is 8.20. The number of aromatic amines is 1. The Bertz CT molecular complexity index is 1050. The van der Waals surface area contributed by atoms with Crippen LogP contribution < -0.4 is 10.6 Å². The maximum absolute atomic E-state index is 12.4. The van der Waals surface area contributed by atoms with Crippen molar-refractivity contribution < 1.29 is 4.79 Å². The van der Waals surface area contributed by atoms with Crippen molar-refractivity contribution in [1.82, 2.24) is 4.98 Å². The maximum atomic E-state index is 12.4. The van der Waals surface area contributed by atoms with Gasteiger partial charge in [-0.25, -0.2) is 4.79 Å². The fraction of sp³-hybridized carbons (Fsp3) is 0. The molecule has 3 aromatic carbocycles. The number of anilines is 2. The van der Waals surface area contributed by atoms with E-state index in [4.69, 9.17) is 0 Å². The highest BCUT2D eigenvalue weighted by molar-refractivity contribution is 9.10. The summed E-state index contributed by atoms with van der Waals surface area (Å²) in [6.07, 6.45) is 0. The molecule has 0 spiro atoms. The van der Waals surface area contributed by atoms with Gasteiger partial charge in [0.15, 0.2) is 0 Å². The molecule has 26 heavy (non-hydrogen) atoms. The Morgan fingerprint density at radius 3 is 2.27 bits per heavy atom. The van der Waals surface area contributed by atoms with E-state index >= 15 is 0 Å². The number of fused-ring (bicyclic) bond motifs is 1. The van der Waals surface area contributed by atoms with Gasteiger partial charge in [0, 0.05) is 26.6 Å². The molecule has 1 aromatic heterocycles. The van der Waals surface area contributed by atoms with Crippen LogP contribution in [0.25, 0.3) is 22.2 Å². The quantitative estimate of drug-likeness (QED) is 0.371. The van der Waals surface area contributed by atoms with Crippen LogP contribution in [0.2, 0.25) is 0 Å². The summed E-state index contributed by atoms with van der Waals surface area (Å²) >= 11 is 3.43. The van der Waals surface area contributed by atoms with Crippen molar-refractivity contribution >= 4 is 44.2 Å². The lowest BCUT2D eigenvalue weighted by Crippen LogP contribution is -2.20. The smallest absolute Gasteiger partial charge is 0.323 e. The SMILES string of the molecule is O=C(Nc1ccccc1Br)Nc1ccccc1-c1cc2ccccc2[nH]1. The minimum absolute atomic E-state index is 0.291. The number of nitrogens with one attached hydrogen (secondary N) is 3. The maximum Gasteiger partial charge on any atom is 0.323 e. The molecule has 0 bridgehead atoms. The molecule has 4 rings (SSSR count). The van der Waals surface area contributed by atoms with Gasteiger partial charge in [0.05, 0.1) is 11.4 Å². The van der Waals surface area contributed by atoms with Crippen molar-refractivity contribution in [2.24, 2.45) is 0 Å². The van der Waals surface area contributed by atoms with Gasteiger partial charge in [0.25, 0.3) is 0 Å². The highest BCUT2D eigenvalue weighted by atomic mass is 79.9. The average Bonchev–Trinajstić information content (AvgIpc) is 3.08. The first kappa shape index (κ1) is 16.4. The third-order valence-corrected chi connectivity index (χ3v) is 4.81. The first-order chi connectivity index (χ1) is 12.7. The molecule has 0 radical (unpaired) electrons. The Balaban J connectivity index is 1.61. The Labute approximate surface area is 159 Å². The second-order valence-electron chi connectivity index (χ2n) is 5.87. The lowest BCUT2D eigenvalue weighted by molar-refractivity contribution is 0.262. The molecule has 0 saturated heterocycles. The molecule has 3 N–H and O–H groups in total. The topological polar surface area (TPSA) is 56.9 Å². The highest BCUT2D eigenvalue weighted by Crippen LogP contribution is 2.30. The van der Waals surface area contributed by atoms with Gasteiger partial charge in [-0.05, 0) is 46.3 Å². The lowest BCUT2D eigenvalue weighted by Gasteiger charge is -2.12. The molecule has 4 nitrogen and oxygen atoms in total. The summed E-state index contributed by atoms with van der Waals surface area (Å²) in [5.41, 5.74) is 4.42. The lowest BCUT2D eigenvalue weighted by atomic mass is 10.1. The summed E-state index contributed by atoms with van der Waals surface area (Å²) in [7, 11) is 0. The zero-order valence-corrected chi connectivity index (χ0v) is 15.4. The summed E-state index contributed by atoms with van der Waals surface area (Å²) in [6, 6.07) is 25.1. The zero-order valence-electron chi connectivity index (χ0n) is 13.8. The van der Waals surface area contributed by atoms with Gasteiger partial charge in [-0.2, -0.15) is 0 Å². The fourth-order valence-corrected chi connectivity index (χ4v) is 3.27. The number of aromatic nitrogens is 1. The van der Waals surface area contributed by atoms with Crippen LogP contribution in [0.5, 0.6) is 0 Å². The second kappa shape index (κ2) is 7.06. The molecule has 128 valence electrons. The Kier molecular flexibility index (Phi) is 4.46. The number of carbonyl (C=O) groups excluding carboxylic acids is 1. The molecule has 0 fully saturated rings. The van der Waals surface area contributed by atoms with E-state index < -0.39 is 0 Å². The minimum atomic E-state index is -0.291. The fourth-order valence-electron chi connectivity index (χ4n) is 2.88. The zero-order chi connectivity index (χ0) is 17.9. The van der Waals surface area contributed by atoms with Gasteiger partial charge in [-0.3, -0.25) is 0 Å². The van der Waals surface area contributed by atoms with E-state index in [9.17, 15) is 4.79 Å². The summed E-state index contributed by atoms with van der Waals surface area (Å²) in [5, 5.41) is 6.93. The number of halogens is 1. The van der Waals surface area contributed by atoms with E-state index in [2.05, 4.69) is 43.7 Å². The third-order valence-electron chi connectivity index (χ3n) is 4.12. The minimum Gasteiger partial charge on any atom is -0.354 e. The molecule has 0 aliphatic heterocycles. The number of urea groups is 1. The summed E-state index contributed by atoms with van der Waals surface area (Å²) in [6.45, 7) is 0. The molecule has 0 aliphatic rings. The van der Waals surface area contributed by atoms with Crippen LogP contribution in [0.15, 0.2) is 83.3 Å². The molecule has 5 heteroatoms. The number of amides is 2. The molecule has 4 aromatic rings. The van der Waals surface area contributed by atoms with Crippen molar-refractivity contribution in [3.8, 4) is 11.3 Å². The molecule has 1 heterocycles. The second-order valence-corrected chi connectivity index (χ2v) is 6.73. The number of benzene rings is 3. The van der Waals surface area contributed by atoms with Crippen molar-refractivity contribution in [3.05, 3.63) is 83.3 Å². The van der Waals surface area contributed by atoms with Crippen molar-refractivity contribution in [1.29, 1.82) is 0 Å². The molecule has 0 aliphatic carbocycles. The van der Waals surface area contributed by atoms with Gasteiger partial charge < -0.3 is 15.6 Å². The van der Waals surface area contributed by atoms with Gasteiger partial charge in [-0.15, -0.1) is 0 Å². The van der Waals surface area contributed by atoms with Gasteiger partial charge in [0.2, 0.25) is 0 Å². The van der Waals surface area contributed by atoms with Crippen LogP contribution in [0.1, 0.15) is 0 Å². The molecule has 0 unspecified atom stereocenters. The number of rotatable bonds is 3. The number of para-hydroxylation sites is 3. The van der Waals surface area contributed by atoms with Crippen LogP contribution in [0.4, 0.5) is 16.2 Å². The van der Waals surface area contributed by atoms with E-state index in [1.807, 2.05) is 66.7 Å². The standard InChI is InChI=1S/C21H16BrN3O/c22-16-9-3-6-12-19(16)25-21(26)24-18-11-5-2-8-15(18)20-13-14-7-1-4-10-17(14)23-20/h1-13,23H,(H2,24,25,26). The van der Waals surface area contributed by atoms with Crippen molar-refractivity contribution in [2.45, 2.75) is 0 Å². The van der Waals surface area contributed by atoms with E-state index in [0.717, 1.165) is 32.3 Å². The summed E-state index contributed by atoms with van der Waals surface area (Å²) < 4.78 is 0.832. The van der Waals surface area contributed by atoms with Crippen LogP contribution >= 0.6 is 15.9 Å². The van der Waals surface area contributed by atoms with Gasteiger partial charge in [-0.1, -0.05) is 48.5 Å². The van der Waals surface area contributed by atoms with E-state index in [1.165, 1.54) is 0 Å². The molecular weight excluding hydrogens is 390 g/mol. The van der Waals surface area contributed by atoms with E-state index in [0.29, 0.717) is 5.69 Å². The molecule has 0 saturated carbocycles. The predicted molar refractivity (Wildman–Crippen MR) is 111 cm³/mol. The third kappa shape index (κ3) is 3.34. The van der Waals surface area contributed by atoms with Crippen LogP contribution in [0, 0.1) is 0 Å². The Morgan fingerprint density at radius 1 is 0.808 bits per heavy atom. The molecular formula is C21H16BrN3O. The number of carbonyl (C=O) groups is 1. The number of H-pyrrole nitrogens is 1. The number of hydrogen-bond acceptors (Lipinski definition) is 1. The van der Waals surface area contributed by atoms with Crippen LogP contribution in [-0.4, -0.2) is 11.0 Å². The normalized spacial score (nSPS) is 10.7. The van der Waals surface area contributed by atoms with Gasteiger partial charge in [0.1, 0.15) is 0 Å². The summed E-state index contributed by atoms with van der Waals surface area (Å²) in [4.78, 5) is 15.8. The highest BCUT2D eigenvalue weighted by Gasteiger charge is 2.11. The molecule has 0 atom stereocenters. The summed E-state index contributed by atoms with van der Waals surface area (Å²) in [5.74, 6) is 0. The average molecular weight is 406 g/mol. The largest absolute Gasteiger partial charge is 0.354 e. The number of hydrogen-bond donors (Lipinski definition) is 3. The van der Waals surface area contributed by atoms with Crippen LogP contribution in [-0.2, 0) is 0 Å². The molecule has 2 amide bonds. The Morgan fingerprint density at radius 2 is 1.46 bits per heavy atom. The predicted octanol–water partition coefficient (Wildman–Crippen LogP) is 6.24. The first-order valence-corrected chi connectivity index (χ1v) is 9.00. The van der Waals surface area contributed by atoms with E-state index in [-0.39, 0.29) is 6.03 Å². The monoisotopic (exact) mass is 405 g/mol.